The van der Waals surface area contributed by atoms with Crippen molar-refractivity contribution in [3.8, 4) is 5.75 Å². The Bertz CT molecular complexity index is 785. The van der Waals surface area contributed by atoms with Gasteiger partial charge in [-0.3, -0.25) is 14.8 Å². The number of nitrogens with zero attached hydrogens (tertiary/aromatic N) is 1. The molecule has 0 bridgehead atoms. The van der Waals surface area contributed by atoms with E-state index in [1.54, 1.807) is 0 Å². The van der Waals surface area contributed by atoms with Crippen molar-refractivity contribution in [1.82, 2.24) is 9.79 Å². The van der Waals surface area contributed by atoms with Crippen molar-refractivity contribution in [2.75, 3.05) is 26.0 Å². The van der Waals surface area contributed by atoms with Crippen LogP contribution in [0.2, 0.25) is 0 Å². The number of ether oxygens (including phenoxy) is 2. The van der Waals surface area contributed by atoms with Gasteiger partial charge in [-0.25, -0.2) is 18.3 Å². The summed E-state index contributed by atoms with van der Waals surface area (Å²) in [7, 11) is -2.62. The first-order chi connectivity index (χ1) is 13.3. The Morgan fingerprint density at radius 1 is 1.32 bits per heavy atom. The van der Waals surface area contributed by atoms with Gasteiger partial charge in [-0.15, -0.1) is 0 Å². The van der Waals surface area contributed by atoms with Gasteiger partial charge >= 0.3 is 5.97 Å². The van der Waals surface area contributed by atoms with Crippen molar-refractivity contribution in [1.29, 1.82) is 0 Å². The lowest BCUT2D eigenvalue weighted by Gasteiger charge is -2.36. The van der Waals surface area contributed by atoms with Crippen LogP contribution in [0, 0.1) is 11.7 Å². The van der Waals surface area contributed by atoms with Gasteiger partial charge in [-0.05, 0) is 43.5 Å². The Morgan fingerprint density at radius 3 is 2.61 bits per heavy atom. The largest absolute Gasteiger partial charge is 0.494 e. The molecule has 1 saturated heterocycles. The summed E-state index contributed by atoms with van der Waals surface area (Å²) in [5, 5.41) is 8.93. The number of carbonyl (C=O) groups excluding carboxylic acids is 2. The molecule has 0 spiro atoms. The van der Waals surface area contributed by atoms with Crippen LogP contribution in [0.1, 0.15) is 19.3 Å². The molecule has 1 aliphatic heterocycles. The summed E-state index contributed by atoms with van der Waals surface area (Å²) < 4.78 is 49.2. The van der Waals surface area contributed by atoms with Gasteiger partial charge in [0.25, 0.3) is 5.91 Å². The van der Waals surface area contributed by atoms with Crippen LogP contribution in [-0.2, 0) is 24.3 Å². The molecule has 0 aromatic heterocycles. The summed E-state index contributed by atoms with van der Waals surface area (Å²) >= 11 is 0. The summed E-state index contributed by atoms with van der Waals surface area (Å²) in [6.45, 7) is 0.0410. The third-order valence-corrected chi connectivity index (χ3v) is 6.44. The van der Waals surface area contributed by atoms with Crippen LogP contribution in [0.5, 0.6) is 5.75 Å². The third-order valence-electron chi connectivity index (χ3n) is 4.49. The predicted molar refractivity (Wildman–Crippen MR) is 95.5 cm³/mol. The lowest BCUT2D eigenvalue weighted by molar-refractivity contribution is -0.148. The second-order valence-corrected chi connectivity index (χ2v) is 8.36. The van der Waals surface area contributed by atoms with Crippen LogP contribution in [0.3, 0.4) is 0 Å². The normalized spacial score (nSPS) is 20.4. The van der Waals surface area contributed by atoms with Crippen LogP contribution in [0.4, 0.5) is 4.39 Å². The van der Waals surface area contributed by atoms with E-state index >= 15 is 0 Å². The molecule has 0 unspecified atom stereocenters. The predicted octanol–water partition coefficient (Wildman–Crippen LogP) is 0.683. The number of benzene rings is 1. The summed E-state index contributed by atoms with van der Waals surface area (Å²) in [5.74, 6) is -2.33. The summed E-state index contributed by atoms with van der Waals surface area (Å²) in [6.07, 6.45) is 0.279. The zero-order valence-corrected chi connectivity index (χ0v) is 16.2. The van der Waals surface area contributed by atoms with Gasteiger partial charge in [0.2, 0.25) is 10.0 Å². The number of amides is 1. The van der Waals surface area contributed by atoms with E-state index in [-0.39, 0.29) is 38.2 Å². The van der Waals surface area contributed by atoms with Gasteiger partial charge in [0, 0.05) is 6.54 Å². The molecule has 0 radical (unpaired) electrons. The van der Waals surface area contributed by atoms with E-state index in [4.69, 9.17) is 9.94 Å². The minimum Gasteiger partial charge on any atom is -0.494 e. The number of nitrogens with one attached hydrogen (secondary N) is 1. The van der Waals surface area contributed by atoms with Gasteiger partial charge in [0.15, 0.2) is 0 Å². The average Bonchev–Trinajstić information content (AvgIpc) is 2.70. The molecule has 1 fully saturated rings. The van der Waals surface area contributed by atoms with E-state index in [1.165, 1.54) is 36.9 Å². The molecular formula is C17H23FN2O7S. The highest BCUT2D eigenvalue weighted by Crippen LogP contribution is 2.27. The minimum atomic E-state index is -3.84. The van der Waals surface area contributed by atoms with Gasteiger partial charge in [0.05, 0.1) is 25.4 Å². The molecule has 28 heavy (non-hydrogen) atoms. The standard InChI is InChI=1S/C17H23FN2O7S/c1-26-17(22)12-7-8-20(15(11-12)16(21)19-23)28(24,25)10-2-9-27-14-5-3-13(18)4-6-14/h3-6,12,15,23H,2,7-11H2,1H3,(H,19,21)/t12-,15+/m0/s1. The maximum Gasteiger partial charge on any atom is 0.308 e. The summed E-state index contributed by atoms with van der Waals surface area (Å²) in [4.78, 5) is 23.7. The first-order valence-electron chi connectivity index (χ1n) is 8.68. The fourth-order valence-electron chi connectivity index (χ4n) is 3.05. The minimum absolute atomic E-state index is 0.0427. The zero-order chi connectivity index (χ0) is 20.7. The Labute approximate surface area is 162 Å². The number of methoxy groups -OCH3 is 1. The highest BCUT2D eigenvalue weighted by molar-refractivity contribution is 7.89. The van der Waals surface area contributed by atoms with E-state index in [2.05, 4.69) is 4.74 Å². The van der Waals surface area contributed by atoms with E-state index in [9.17, 15) is 22.4 Å². The van der Waals surface area contributed by atoms with Crippen molar-refractivity contribution >= 4 is 21.9 Å². The van der Waals surface area contributed by atoms with Crippen LogP contribution in [0.15, 0.2) is 24.3 Å². The maximum absolute atomic E-state index is 12.8. The Kier molecular flexibility index (Phi) is 7.72. The van der Waals surface area contributed by atoms with Crippen LogP contribution < -0.4 is 10.2 Å². The third kappa shape index (κ3) is 5.63. The molecule has 0 saturated carbocycles. The average molecular weight is 418 g/mol. The quantitative estimate of drug-likeness (QED) is 0.276. The maximum atomic E-state index is 12.8. The summed E-state index contributed by atoms with van der Waals surface area (Å²) in [6, 6.07) is 4.13. The number of esters is 1. The summed E-state index contributed by atoms with van der Waals surface area (Å²) in [5.41, 5.74) is 1.46. The fraction of sp³-hybridized carbons (Fsp3) is 0.529. The molecule has 1 aromatic carbocycles. The molecule has 2 atom stereocenters. The monoisotopic (exact) mass is 418 g/mol. The molecule has 2 N–H and O–H groups in total. The molecule has 2 rings (SSSR count). The van der Waals surface area contributed by atoms with E-state index in [0.717, 1.165) is 4.31 Å². The number of rotatable bonds is 8. The zero-order valence-electron chi connectivity index (χ0n) is 15.3. The second-order valence-electron chi connectivity index (χ2n) is 6.32. The number of piperidine rings is 1. The molecule has 156 valence electrons. The molecular weight excluding hydrogens is 395 g/mol. The first-order valence-corrected chi connectivity index (χ1v) is 10.3. The Hall–Kier alpha value is -2.24. The topological polar surface area (TPSA) is 122 Å². The van der Waals surface area contributed by atoms with Crippen molar-refractivity contribution in [3.63, 3.8) is 0 Å². The molecule has 1 aromatic rings. The van der Waals surface area contributed by atoms with Gasteiger partial charge in [-0.1, -0.05) is 0 Å². The van der Waals surface area contributed by atoms with E-state index in [1.807, 2.05) is 0 Å². The molecule has 9 nitrogen and oxygen atoms in total. The van der Waals surface area contributed by atoms with E-state index in [0.29, 0.717) is 5.75 Å². The molecule has 1 heterocycles. The van der Waals surface area contributed by atoms with Crippen molar-refractivity contribution in [2.24, 2.45) is 5.92 Å². The molecule has 1 aliphatic rings. The lowest BCUT2D eigenvalue weighted by Crippen LogP contribution is -2.54. The van der Waals surface area contributed by atoms with Crippen molar-refractivity contribution in [2.45, 2.75) is 25.3 Å². The number of carbonyl (C=O) groups is 2. The van der Waals surface area contributed by atoms with Crippen molar-refractivity contribution in [3.05, 3.63) is 30.1 Å². The Morgan fingerprint density at radius 2 is 2.00 bits per heavy atom. The fourth-order valence-corrected chi connectivity index (χ4v) is 4.72. The lowest BCUT2D eigenvalue weighted by atomic mass is 9.92. The highest BCUT2D eigenvalue weighted by atomic mass is 32.2. The number of hydrogen-bond acceptors (Lipinski definition) is 7. The van der Waals surface area contributed by atoms with Crippen LogP contribution in [-0.4, -0.2) is 61.9 Å². The number of sulfonamides is 1. The molecule has 0 aliphatic carbocycles. The number of hydrogen-bond donors (Lipinski definition) is 2. The van der Waals surface area contributed by atoms with Gasteiger partial charge in [-0.2, -0.15) is 4.31 Å². The smallest absolute Gasteiger partial charge is 0.308 e. The Balaban J connectivity index is 1.96. The van der Waals surface area contributed by atoms with Gasteiger partial charge in [0.1, 0.15) is 17.6 Å². The SMILES string of the molecule is COC(=O)[C@H]1CCN(S(=O)(=O)CCCOc2ccc(F)cc2)[C@@H](C(=O)NO)C1. The molecule has 1 amide bonds. The van der Waals surface area contributed by atoms with Crippen molar-refractivity contribution < 1.29 is 37.1 Å². The highest BCUT2D eigenvalue weighted by Gasteiger charge is 2.42. The van der Waals surface area contributed by atoms with E-state index < -0.39 is 39.7 Å². The van der Waals surface area contributed by atoms with Gasteiger partial charge < -0.3 is 9.47 Å². The molecule has 11 heteroatoms. The number of hydroxylamine groups is 1. The van der Waals surface area contributed by atoms with Crippen LogP contribution >= 0.6 is 0 Å². The number of halogens is 1. The van der Waals surface area contributed by atoms with Crippen LogP contribution in [0.25, 0.3) is 0 Å². The second kappa shape index (κ2) is 9.80. The first kappa shape index (κ1) is 22.1.